The van der Waals surface area contributed by atoms with Crippen LogP contribution in [0.1, 0.15) is 68.2 Å². The van der Waals surface area contributed by atoms with Gasteiger partial charge in [0.15, 0.2) is 0 Å². The summed E-state index contributed by atoms with van der Waals surface area (Å²) in [5, 5.41) is 0. The lowest BCUT2D eigenvalue weighted by Gasteiger charge is -2.41. The van der Waals surface area contributed by atoms with Crippen LogP contribution in [0.4, 0.5) is 0 Å². The second-order valence-corrected chi connectivity index (χ2v) is 17.1. The van der Waals surface area contributed by atoms with Crippen LogP contribution < -0.4 is 0 Å². The van der Waals surface area contributed by atoms with E-state index in [1.54, 1.807) is 14.2 Å². The fraction of sp³-hybridized carbons (Fsp3) is 0.952. The predicted octanol–water partition coefficient (Wildman–Crippen LogP) is 5.08. The number of carbonyl (C=O) groups is 1. The Morgan fingerprint density at radius 1 is 0.931 bits per heavy atom. The maximum Gasteiger partial charge on any atom is 0.500 e. The molecule has 0 aromatic carbocycles. The van der Waals surface area contributed by atoms with Crippen LogP contribution in [0.25, 0.3) is 0 Å². The van der Waals surface area contributed by atoms with E-state index in [1.165, 1.54) is 0 Å². The van der Waals surface area contributed by atoms with E-state index in [9.17, 15) is 4.79 Å². The molecule has 0 N–H and O–H groups in total. The van der Waals surface area contributed by atoms with Gasteiger partial charge in [-0.25, -0.2) is 0 Å². The van der Waals surface area contributed by atoms with Crippen molar-refractivity contribution in [2.24, 2.45) is 0 Å². The van der Waals surface area contributed by atoms with E-state index in [4.69, 9.17) is 17.7 Å². The summed E-state index contributed by atoms with van der Waals surface area (Å²) in [4.78, 5) is 15.0. The third kappa shape index (κ3) is 8.42. The SMILES string of the molecule is CCCO[Si](CCCN(CC)CC(=O)O[Si](C(C)C)(C(C)C)C(C)C)(OC)OC. The van der Waals surface area contributed by atoms with Gasteiger partial charge in [0.25, 0.3) is 8.32 Å². The Morgan fingerprint density at radius 2 is 1.45 bits per heavy atom. The summed E-state index contributed by atoms with van der Waals surface area (Å²) >= 11 is 0. The number of rotatable bonds is 16. The Labute approximate surface area is 182 Å². The van der Waals surface area contributed by atoms with Gasteiger partial charge in [-0.15, -0.1) is 0 Å². The normalized spacial score (nSPS) is 13.2. The maximum absolute atomic E-state index is 12.9. The minimum absolute atomic E-state index is 0.0844. The van der Waals surface area contributed by atoms with Gasteiger partial charge in [0.05, 0.1) is 6.54 Å². The van der Waals surface area contributed by atoms with Crippen molar-refractivity contribution in [3.8, 4) is 0 Å². The van der Waals surface area contributed by atoms with Crippen LogP contribution in [-0.4, -0.2) is 68.5 Å². The highest BCUT2D eigenvalue weighted by molar-refractivity contribution is 6.78. The molecule has 29 heavy (non-hydrogen) atoms. The molecule has 0 aromatic rings. The Hall–Kier alpha value is -0.256. The summed E-state index contributed by atoms with van der Waals surface area (Å²) in [6.07, 6.45) is 1.79. The molecule has 0 spiro atoms. The van der Waals surface area contributed by atoms with Gasteiger partial charge >= 0.3 is 14.8 Å². The van der Waals surface area contributed by atoms with E-state index in [2.05, 4.69) is 60.3 Å². The first kappa shape index (κ1) is 28.7. The molecule has 0 bridgehead atoms. The van der Waals surface area contributed by atoms with Gasteiger partial charge in [-0.2, -0.15) is 0 Å². The zero-order valence-corrected chi connectivity index (χ0v) is 22.7. The second kappa shape index (κ2) is 13.9. The van der Waals surface area contributed by atoms with Crippen molar-refractivity contribution >= 4 is 23.1 Å². The Bertz CT molecular complexity index is 435. The number of hydrogen-bond donors (Lipinski definition) is 0. The number of nitrogens with zero attached hydrogens (tertiary/aromatic N) is 1. The van der Waals surface area contributed by atoms with Gasteiger partial charge in [-0.1, -0.05) is 55.4 Å². The molecule has 8 heteroatoms. The lowest BCUT2D eigenvalue weighted by molar-refractivity contribution is -0.137. The average Bonchev–Trinajstić information content (AvgIpc) is 2.67. The van der Waals surface area contributed by atoms with Crippen LogP contribution in [0.2, 0.25) is 22.7 Å². The van der Waals surface area contributed by atoms with E-state index in [1.807, 2.05) is 0 Å². The summed E-state index contributed by atoms with van der Waals surface area (Å²) in [5.74, 6) is -0.0844. The molecule has 0 aliphatic carbocycles. The fourth-order valence-corrected chi connectivity index (χ4v) is 11.6. The smallest absolute Gasteiger partial charge is 0.500 e. The standard InChI is InChI=1S/C21H47NO5Si2/c1-11-15-26-28(24-9,25-10)16-13-14-22(12-2)17-21(23)27-29(18(3)4,19(5)6)20(7)8/h18-20H,11-17H2,1-10H3. The monoisotopic (exact) mass is 449 g/mol. The molecule has 0 amide bonds. The molecule has 0 fully saturated rings. The molecule has 0 saturated carbocycles. The van der Waals surface area contributed by atoms with Gasteiger partial charge in [-0.05, 0) is 42.6 Å². The van der Waals surface area contributed by atoms with Crippen molar-refractivity contribution in [2.75, 3.05) is 40.5 Å². The van der Waals surface area contributed by atoms with Crippen molar-refractivity contribution in [3.63, 3.8) is 0 Å². The molecular weight excluding hydrogens is 402 g/mol. The summed E-state index contributed by atoms with van der Waals surface area (Å²) in [6.45, 7) is 19.9. The highest BCUT2D eigenvalue weighted by atomic mass is 28.4. The highest BCUT2D eigenvalue weighted by Crippen LogP contribution is 2.42. The molecule has 0 aliphatic heterocycles. The van der Waals surface area contributed by atoms with Crippen molar-refractivity contribution in [1.29, 1.82) is 0 Å². The molecule has 6 nitrogen and oxygen atoms in total. The van der Waals surface area contributed by atoms with Crippen LogP contribution in [0, 0.1) is 0 Å². The van der Waals surface area contributed by atoms with Gasteiger partial charge in [0.2, 0.25) is 0 Å². The molecule has 0 atom stereocenters. The number of likely N-dealkylation sites (N-methyl/N-ethyl adjacent to an activating group) is 1. The molecule has 0 radical (unpaired) electrons. The van der Waals surface area contributed by atoms with Crippen LogP contribution in [-0.2, 0) is 22.5 Å². The Balaban J connectivity index is 4.91. The lowest BCUT2D eigenvalue weighted by Crippen LogP contribution is -2.51. The van der Waals surface area contributed by atoms with Crippen molar-refractivity contribution in [3.05, 3.63) is 0 Å². The van der Waals surface area contributed by atoms with E-state index in [0.29, 0.717) is 29.8 Å². The summed E-state index contributed by atoms with van der Waals surface area (Å²) in [6, 6.07) is 0.744. The number of carbonyl (C=O) groups excluding carboxylic acids is 1. The third-order valence-corrected chi connectivity index (χ3v) is 14.8. The van der Waals surface area contributed by atoms with E-state index < -0.39 is 17.1 Å². The van der Waals surface area contributed by atoms with Crippen LogP contribution >= 0.6 is 0 Å². The first-order chi connectivity index (χ1) is 13.5. The minimum atomic E-state index is -2.60. The first-order valence-corrected chi connectivity index (χ1v) is 15.3. The van der Waals surface area contributed by atoms with Crippen molar-refractivity contribution < 1.29 is 22.5 Å². The molecule has 174 valence electrons. The van der Waals surface area contributed by atoms with Crippen LogP contribution in [0.15, 0.2) is 0 Å². The summed E-state index contributed by atoms with van der Waals surface area (Å²) in [5.41, 5.74) is 1.19. The average molecular weight is 450 g/mol. The van der Waals surface area contributed by atoms with E-state index >= 15 is 0 Å². The predicted molar refractivity (Wildman–Crippen MR) is 125 cm³/mol. The van der Waals surface area contributed by atoms with Crippen molar-refractivity contribution in [2.45, 2.75) is 90.9 Å². The minimum Gasteiger partial charge on any atom is -0.517 e. The van der Waals surface area contributed by atoms with Crippen LogP contribution in [0.3, 0.4) is 0 Å². The zero-order valence-electron chi connectivity index (χ0n) is 20.7. The van der Waals surface area contributed by atoms with Gasteiger partial charge < -0.3 is 17.7 Å². The topological polar surface area (TPSA) is 57.2 Å². The molecule has 0 aliphatic rings. The lowest BCUT2D eigenvalue weighted by atomic mass is 10.4. The molecule has 0 rings (SSSR count). The Kier molecular flexibility index (Phi) is 13.8. The van der Waals surface area contributed by atoms with Crippen LogP contribution in [0.5, 0.6) is 0 Å². The first-order valence-electron chi connectivity index (χ1n) is 11.2. The van der Waals surface area contributed by atoms with E-state index in [0.717, 1.165) is 32.0 Å². The summed E-state index contributed by atoms with van der Waals surface area (Å²) in [7, 11) is -1.47. The highest BCUT2D eigenvalue weighted by Gasteiger charge is 2.48. The summed E-state index contributed by atoms with van der Waals surface area (Å²) < 4.78 is 23.4. The molecule has 0 saturated heterocycles. The quantitative estimate of drug-likeness (QED) is 0.306. The van der Waals surface area contributed by atoms with Gasteiger partial charge in [0.1, 0.15) is 0 Å². The zero-order chi connectivity index (χ0) is 22.7. The molecule has 0 unspecified atom stereocenters. The molecular formula is C21H47NO5Si2. The Morgan fingerprint density at radius 3 is 1.83 bits per heavy atom. The number of hydrogen-bond acceptors (Lipinski definition) is 6. The molecule has 0 heterocycles. The molecule has 0 aromatic heterocycles. The fourth-order valence-electron chi connectivity index (χ4n) is 4.37. The van der Waals surface area contributed by atoms with Gasteiger partial charge in [-0.3, -0.25) is 9.69 Å². The second-order valence-electron chi connectivity index (χ2n) is 8.70. The van der Waals surface area contributed by atoms with Crippen molar-refractivity contribution in [1.82, 2.24) is 4.90 Å². The van der Waals surface area contributed by atoms with Gasteiger partial charge in [0, 0.05) is 26.9 Å². The van der Waals surface area contributed by atoms with E-state index in [-0.39, 0.29) is 5.97 Å². The third-order valence-electron chi connectivity index (χ3n) is 5.90. The largest absolute Gasteiger partial charge is 0.517 e. The maximum atomic E-state index is 12.9.